The molecule has 0 radical (unpaired) electrons. The Morgan fingerprint density at radius 2 is 1.76 bits per heavy atom. The first-order valence-electron chi connectivity index (χ1n) is 9.50. The summed E-state index contributed by atoms with van der Waals surface area (Å²) in [5.74, 6) is -1.70. The molecule has 0 unspecified atom stereocenters. The van der Waals surface area contributed by atoms with E-state index in [0.717, 1.165) is 0 Å². The Labute approximate surface area is 174 Å². The summed E-state index contributed by atoms with van der Waals surface area (Å²) in [6, 6.07) is 9.06. The maximum absolute atomic E-state index is 14.2. The Morgan fingerprint density at radius 3 is 2.31 bits per heavy atom. The average Bonchev–Trinajstić information content (AvgIpc) is 2.65. The van der Waals surface area contributed by atoms with Gasteiger partial charge >= 0.3 is 0 Å². The first-order chi connectivity index (χ1) is 13.7. The first kappa shape index (κ1) is 22.8. The van der Waals surface area contributed by atoms with Crippen molar-refractivity contribution < 1.29 is 18.4 Å². The molecule has 0 heterocycles. The monoisotopic (exact) mass is 422 g/mol. The number of carbonyl (C=O) groups excluding carboxylic acids is 2. The molecule has 2 aromatic rings. The Bertz CT molecular complexity index is 836. The van der Waals surface area contributed by atoms with Crippen LogP contribution in [0.15, 0.2) is 42.5 Å². The number of nitrogens with one attached hydrogen (secondary N) is 1. The number of hydrogen-bond acceptors (Lipinski definition) is 2. The Morgan fingerprint density at radius 1 is 1.10 bits per heavy atom. The van der Waals surface area contributed by atoms with Crippen molar-refractivity contribution in [3.63, 3.8) is 0 Å². The number of benzene rings is 2. The lowest BCUT2D eigenvalue weighted by molar-refractivity contribution is -0.141. The van der Waals surface area contributed by atoms with Crippen LogP contribution in [0.25, 0.3) is 0 Å². The van der Waals surface area contributed by atoms with Crippen LogP contribution in [0.3, 0.4) is 0 Å². The van der Waals surface area contributed by atoms with E-state index >= 15 is 0 Å². The Balaban J connectivity index is 2.34. The zero-order valence-corrected chi connectivity index (χ0v) is 17.5. The van der Waals surface area contributed by atoms with E-state index in [1.165, 1.54) is 35.2 Å². The van der Waals surface area contributed by atoms with E-state index in [-0.39, 0.29) is 35.5 Å². The minimum absolute atomic E-state index is 0.0855. The summed E-state index contributed by atoms with van der Waals surface area (Å²) in [5.41, 5.74) is 0.748. The molecule has 2 amide bonds. The molecule has 0 aromatic heterocycles. The van der Waals surface area contributed by atoms with Gasteiger partial charge in [-0.05, 0) is 50.1 Å². The molecule has 1 N–H and O–H groups in total. The topological polar surface area (TPSA) is 49.4 Å². The summed E-state index contributed by atoms with van der Waals surface area (Å²) in [7, 11) is 0. The molecule has 0 spiro atoms. The van der Waals surface area contributed by atoms with E-state index in [1.54, 1.807) is 19.1 Å². The second-order valence-corrected chi connectivity index (χ2v) is 7.52. The van der Waals surface area contributed by atoms with Crippen LogP contribution in [-0.2, 0) is 22.6 Å². The molecular formula is C22H25ClF2N2O2. The van der Waals surface area contributed by atoms with E-state index in [1.807, 2.05) is 13.8 Å². The normalized spacial score (nSPS) is 12.0. The van der Waals surface area contributed by atoms with Crippen molar-refractivity contribution in [2.45, 2.75) is 52.2 Å². The van der Waals surface area contributed by atoms with E-state index in [4.69, 9.17) is 11.6 Å². The van der Waals surface area contributed by atoms with Gasteiger partial charge in [-0.25, -0.2) is 8.78 Å². The van der Waals surface area contributed by atoms with Crippen LogP contribution < -0.4 is 5.32 Å². The lowest BCUT2D eigenvalue weighted by Crippen LogP contribution is -2.50. The molecule has 0 saturated heterocycles. The van der Waals surface area contributed by atoms with Gasteiger partial charge in [0.15, 0.2) is 0 Å². The molecule has 2 rings (SSSR count). The van der Waals surface area contributed by atoms with E-state index in [9.17, 15) is 18.4 Å². The van der Waals surface area contributed by atoms with E-state index in [2.05, 4.69) is 5.32 Å². The summed E-state index contributed by atoms with van der Waals surface area (Å²) in [6.07, 6.45) is 0.0919. The second kappa shape index (κ2) is 10.3. The first-order valence-corrected chi connectivity index (χ1v) is 9.87. The fourth-order valence-corrected chi connectivity index (χ4v) is 3.27. The molecular weight excluding hydrogens is 398 g/mol. The maximum Gasteiger partial charge on any atom is 0.243 e. The van der Waals surface area contributed by atoms with Crippen LogP contribution in [0.1, 0.15) is 38.3 Å². The summed E-state index contributed by atoms with van der Waals surface area (Å²) in [6.45, 7) is 5.55. The third-order valence-electron chi connectivity index (χ3n) is 4.47. The smallest absolute Gasteiger partial charge is 0.243 e. The lowest BCUT2D eigenvalue weighted by atomic mass is 10.1. The zero-order chi connectivity index (χ0) is 21.6. The quantitative estimate of drug-likeness (QED) is 0.681. The molecule has 0 aliphatic rings. The molecule has 7 heteroatoms. The van der Waals surface area contributed by atoms with Gasteiger partial charge in [-0.1, -0.05) is 36.7 Å². The van der Waals surface area contributed by atoms with Crippen LogP contribution in [0.4, 0.5) is 8.78 Å². The fraction of sp³-hybridized carbons (Fsp3) is 0.364. The molecule has 0 aliphatic carbocycles. The number of nitrogens with zero attached hydrogens (tertiary/aromatic N) is 1. The van der Waals surface area contributed by atoms with Crippen LogP contribution in [0.2, 0.25) is 5.02 Å². The highest BCUT2D eigenvalue weighted by Gasteiger charge is 2.29. The molecule has 156 valence electrons. The molecule has 0 aliphatic heterocycles. The van der Waals surface area contributed by atoms with Crippen molar-refractivity contribution >= 4 is 23.4 Å². The molecule has 4 nitrogen and oxygen atoms in total. The van der Waals surface area contributed by atoms with Crippen molar-refractivity contribution in [1.29, 1.82) is 0 Å². The number of halogens is 3. The van der Waals surface area contributed by atoms with Crippen LogP contribution in [0.5, 0.6) is 0 Å². The molecule has 1 atom stereocenters. The summed E-state index contributed by atoms with van der Waals surface area (Å²) in [4.78, 5) is 27.2. The summed E-state index contributed by atoms with van der Waals surface area (Å²) >= 11 is 6.07. The van der Waals surface area contributed by atoms with Gasteiger partial charge in [0.1, 0.15) is 17.7 Å². The molecule has 0 fully saturated rings. The predicted molar refractivity (Wildman–Crippen MR) is 109 cm³/mol. The zero-order valence-electron chi connectivity index (χ0n) is 16.7. The largest absolute Gasteiger partial charge is 0.352 e. The van der Waals surface area contributed by atoms with Gasteiger partial charge in [0.2, 0.25) is 11.8 Å². The Kier molecular flexibility index (Phi) is 8.14. The minimum atomic E-state index is -0.750. The van der Waals surface area contributed by atoms with E-state index < -0.39 is 23.6 Å². The highest BCUT2D eigenvalue weighted by Crippen LogP contribution is 2.22. The summed E-state index contributed by atoms with van der Waals surface area (Å²) in [5, 5.41) is 2.97. The van der Waals surface area contributed by atoms with Gasteiger partial charge in [0, 0.05) is 23.2 Å². The van der Waals surface area contributed by atoms with E-state index in [0.29, 0.717) is 12.0 Å². The molecule has 2 aromatic carbocycles. The number of amides is 2. The number of hydrogen-bond donors (Lipinski definition) is 1. The van der Waals surface area contributed by atoms with Crippen LogP contribution in [-0.4, -0.2) is 28.8 Å². The lowest BCUT2D eigenvalue weighted by Gasteiger charge is -2.31. The number of rotatable bonds is 8. The van der Waals surface area contributed by atoms with Crippen molar-refractivity contribution in [3.8, 4) is 0 Å². The van der Waals surface area contributed by atoms with Crippen LogP contribution in [0, 0.1) is 11.6 Å². The SMILES string of the molecule is CC[C@@H](C(=O)NC(C)C)N(Cc1ccc(F)cc1)C(=O)Cc1c(F)cccc1Cl. The van der Waals surface area contributed by atoms with Crippen molar-refractivity contribution in [2.24, 2.45) is 0 Å². The predicted octanol–water partition coefficient (Wildman–Crippen LogP) is 4.49. The highest BCUT2D eigenvalue weighted by atomic mass is 35.5. The third kappa shape index (κ3) is 6.26. The van der Waals surface area contributed by atoms with Crippen LogP contribution >= 0.6 is 11.6 Å². The Hall–Kier alpha value is -2.47. The highest BCUT2D eigenvalue weighted by molar-refractivity contribution is 6.31. The third-order valence-corrected chi connectivity index (χ3v) is 4.83. The molecule has 0 saturated carbocycles. The standard InChI is InChI=1S/C22H25ClF2N2O2/c1-4-20(22(29)26-14(2)3)27(13-15-8-10-16(24)11-9-15)21(28)12-17-18(23)6-5-7-19(17)25/h5-11,14,20H,4,12-13H2,1-3H3,(H,26,29)/t20-/m0/s1. The van der Waals surface area contributed by atoms with Gasteiger partial charge in [-0.3, -0.25) is 9.59 Å². The van der Waals surface area contributed by atoms with Gasteiger partial charge in [-0.15, -0.1) is 0 Å². The summed E-state index contributed by atoms with van der Waals surface area (Å²) < 4.78 is 27.4. The molecule has 0 bridgehead atoms. The van der Waals surface area contributed by atoms with Gasteiger partial charge in [0.25, 0.3) is 0 Å². The van der Waals surface area contributed by atoms with Crippen molar-refractivity contribution in [1.82, 2.24) is 10.2 Å². The van der Waals surface area contributed by atoms with Crippen molar-refractivity contribution in [3.05, 3.63) is 70.2 Å². The number of carbonyl (C=O) groups is 2. The molecule has 29 heavy (non-hydrogen) atoms. The van der Waals surface area contributed by atoms with Gasteiger partial charge in [-0.2, -0.15) is 0 Å². The average molecular weight is 423 g/mol. The van der Waals surface area contributed by atoms with Gasteiger partial charge < -0.3 is 10.2 Å². The fourth-order valence-electron chi connectivity index (χ4n) is 3.04. The maximum atomic E-state index is 14.2. The van der Waals surface area contributed by atoms with Crippen molar-refractivity contribution in [2.75, 3.05) is 0 Å². The van der Waals surface area contributed by atoms with Gasteiger partial charge in [0.05, 0.1) is 6.42 Å². The second-order valence-electron chi connectivity index (χ2n) is 7.11. The minimum Gasteiger partial charge on any atom is -0.352 e.